The van der Waals surface area contributed by atoms with Crippen molar-refractivity contribution in [1.82, 2.24) is 10.2 Å². The van der Waals surface area contributed by atoms with Gasteiger partial charge < -0.3 is 15.3 Å². The molecule has 1 aliphatic rings. The van der Waals surface area contributed by atoms with Gasteiger partial charge in [0, 0.05) is 25.1 Å². The van der Waals surface area contributed by atoms with Crippen molar-refractivity contribution in [3.63, 3.8) is 0 Å². The molecular weight excluding hydrogens is 322 g/mol. The summed E-state index contributed by atoms with van der Waals surface area (Å²) >= 11 is 0. The number of carbonyl (C=O) groups excluding carboxylic acids is 2. The van der Waals surface area contributed by atoms with Crippen LogP contribution in [0.5, 0.6) is 0 Å². The molecule has 1 aromatic carbocycles. The van der Waals surface area contributed by atoms with Gasteiger partial charge in [0.05, 0.1) is 12.5 Å². The number of hydrogen-bond donors (Lipinski definition) is 2. The van der Waals surface area contributed by atoms with Crippen LogP contribution in [-0.4, -0.2) is 40.4 Å². The van der Waals surface area contributed by atoms with E-state index in [1.807, 2.05) is 0 Å². The van der Waals surface area contributed by atoms with E-state index in [9.17, 15) is 23.2 Å². The van der Waals surface area contributed by atoms with Gasteiger partial charge >= 0.3 is 5.97 Å². The fraction of sp³-hybridized carbons (Fsp3) is 0.438. The maximum absolute atomic E-state index is 14.0. The molecule has 0 saturated carbocycles. The Bertz CT molecular complexity index is 665. The monoisotopic (exact) mass is 340 g/mol. The van der Waals surface area contributed by atoms with Crippen LogP contribution in [0.3, 0.4) is 0 Å². The second kappa shape index (κ2) is 7.37. The number of aliphatic carboxylic acids is 1. The SMILES string of the molecule is CC(=O)NC(CC(=O)N1CCC[C@H]1C(=O)O)c1ccc(F)cc1F. The Kier molecular flexibility index (Phi) is 5.48. The van der Waals surface area contributed by atoms with Gasteiger partial charge in [0.25, 0.3) is 0 Å². The highest BCUT2D eigenvalue weighted by Gasteiger charge is 2.35. The van der Waals surface area contributed by atoms with Gasteiger partial charge in [-0.1, -0.05) is 6.07 Å². The average molecular weight is 340 g/mol. The van der Waals surface area contributed by atoms with Gasteiger partial charge in [0.15, 0.2) is 0 Å². The molecule has 24 heavy (non-hydrogen) atoms. The molecule has 2 amide bonds. The highest BCUT2D eigenvalue weighted by molar-refractivity contribution is 5.85. The van der Waals surface area contributed by atoms with E-state index >= 15 is 0 Å². The van der Waals surface area contributed by atoms with Crippen molar-refractivity contribution < 1.29 is 28.3 Å². The normalized spacial score (nSPS) is 18.3. The summed E-state index contributed by atoms with van der Waals surface area (Å²) in [6, 6.07) is 0.967. The van der Waals surface area contributed by atoms with Crippen LogP contribution in [0.4, 0.5) is 8.78 Å². The first-order valence-corrected chi connectivity index (χ1v) is 7.54. The van der Waals surface area contributed by atoms with Crippen LogP contribution in [0.2, 0.25) is 0 Å². The molecule has 2 rings (SSSR count). The Balaban J connectivity index is 2.21. The molecule has 1 aromatic rings. The summed E-state index contributed by atoms with van der Waals surface area (Å²) in [6.45, 7) is 1.52. The summed E-state index contributed by atoms with van der Waals surface area (Å²) < 4.78 is 27.0. The number of carboxylic acid groups (broad SMARTS) is 1. The van der Waals surface area contributed by atoms with Gasteiger partial charge in [-0.2, -0.15) is 0 Å². The first-order chi connectivity index (χ1) is 11.3. The summed E-state index contributed by atoms with van der Waals surface area (Å²) in [5, 5.41) is 11.6. The number of likely N-dealkylation sites (tertiary alicyclic amines) is 1. The number of halogens is 2. The largest absolute Gasteiger partial charge is 0.480 e. The van der Waals surface area contributed by atoms with Crippen molar-refractivity contribution in [2.24, 2.45) is 0 Å². The minimum absolute atomic E-state index is 0.0222. The van der Waals surface area contributed by atoms with E-state index in [1.165, 1.54) is 11.8 Å². The molecule has 0 aromatic heterocycles. The number of rotatable bonds is 5. The smallest absolute Gasteiger partial charge is 0.326 e. The van der Waals surface area contributed by atoms with E-state index in [0.717, 1.165) is 12.1 Å². The van der Waals surface area contributed by atoms with Gasteiger partial charge in [-0.25, -0.2) is 13.6 Å². The predicted molar refractivity (Wildman–Crippen MR) is 79.9 cm³/mol. The molecular formula is C16H18F2N2O4. The molecule has 2 atom stereocenters. The van der Waals surface area contributed by atoms with Gasteiger partial charge in [0.1, 0.15) is 17.7 Å². The fourth-order valence-electron chi connectivity index (χ4n) is 2.88. The van der Waals surface area contributed by atoms with Crippen LogP contribution in [0, 0.1) is 11.6 Å². The van der Waals surface area contributed by atoms with Crippen LogP contribution in [0.1, 0.15) is 37.8 Å². The lowest BCUT2D eigenvalue weighted by molar-refractivity contribution is -0.148. The number of carbonyl (C=O) groups is 3. The van der Waals surface area contributed by atoms with E-state index in [4.69, 9.17) is 5.11 Å². The Hall–Kier alpha value is -2.51. The Morgan fingerprint density at radius 3 is 2.67 bits per heavy atom. The molecule has 1 saturated heterocycles. The van der Waals surface area contributed by atoms with Crippen LogP contribution < -0.4 is 5.32 Å². The van der Waals surface area contributed by atoms with Crippen molar-refractivity contribution in [3.05, 3.63) is 35.4 Å². The number of amides is 2. The fourth-order valence-corrected chi connectivity index (χ4v) is 2.88. The number of nitrogens with one attached hydrogen (secondary N) is 1. The molecule has 6 nitrogen and oxygen atoms in total. The zero-order valence-corrected chi connectivity index (χ0v) is 13.1. The van der Waals surface area contributed by atoms with Crippen molar-refractivity contribution in [1.29, 1.82) is 0 Å². The molecule has 1 heterocycles. The molecule has 1 fully saturated rings. The minimum Gasteiger partial charge on any atom is -0.480 e. The van der Waals surface area contributed by atoms with Gasteiger partial charge in [-0.05, 0) is 18.9 Å². The molecule has 0 bridgehead atoms. The lowest BCUT2D eigenvalue weighted by Gasteiger charge is -2.25. The summed E-state index contributed by atoms with van der Waals surface area (Å²) in [7, 11) is 0. The summed E-state index contributed by atoms with van der Waals surface area (Å²) in [5.41, 5.74) is -0.0222. The van der Waals surface area contributed by atoms with Gasteiger partial charge in [0.2, 0.25) is 11.8 Å². The van der Waals surface area contributed by atoms with Crippen molar-refractivity contribution in [2.45, 2.75) is 38.3 Å². The first kappa shape index (κ1) is 17.8. The predicted octanol–water partition coefficient (Wildman–Crippen LogP) is 1.61. The topological polar surface area (TPSA) is 86.7 Å². The Labute approximate surface area is 137 Å². The quantitative estimate of drug-likeness (QED) is 0.852. The Morgan fingerprint density at radius 2 is 2.08 bits per heavy atom. The average Bonchev–Trinajstić information content (AvgIpc) is 2.95. The molecule has 0 aliphatic carbocycles. The third kappa shape index (κ3) is 4.06. The second-order valence-corrected chi connectivity index (χ2v) is 5.71. The number of nitrogens with zero attached hydrogens (tertiary/aromatic N) is 1. The molecule has 130 valence electrons. The van der Waals surface area contributed by atoms with E-state index in [1.54, 1.807) is 0 Å². The lowest BCUT2D eigenvalue weighted by atomic mass is 10.0. The molecule has 1 unspecified atom stereocenters. The summed E-state index contributed by atoms with van der Waals surface area (Å²) in [6.07, 6.45) is 0.626. The highest BCUT2D eigenvalue weighted by Crippen LogP contribution is 2.25. The number of hydrogen-bond acceptors (Lipinski definition) is 3. The maximum Gasteiger partial charge on any atom is 0.326 e. The van der Waals surface area contributed by atoms with E-state index in [-0.39, 0.29) is 12.0 Å². The van der Waals surface area contributed by atoms with Gasteiger partial charge in [-0.3, -0.25) is 9.59 Å². The zero-order valence-electron chi connectivity index (χ0n) is 13.1. The van der Waals surface area contributed by atoms with E-state index < -0.39 is 41.5 Å². The third-order valence-electron chi connectivity index (χ3n) is 3.95. The zero-order chi connectivity index (χ0) is 17.9. The molecule has 8 heteroatoms. The highest BCUT2D eigenvalue weighted by atomic mass is 19.1. The molecule has 2 N–H and O–H groups in total. The summed E-state index contributed by atoms with van der Waals surface area (Å²) in [5.74, 6) is -3.72. The second-order valence-electron chi connectivity index (χ2n) is 5.71. The van der Waals surface area contributed by atoms with Crippen molar-refractivity contribution in [2.75, 3.05) is 6.54 Å². The first-order valence-electron chi connectivity index (χ1n) is 7.54. The van der Waals surface area contributed by atoms with Crippen LogP contribution in [0.15, 0.2) is 18.2 Å². The van der Waals surface area contributed by atoms with Crippen LogP contribution in [0.25, 0.3) is 0 Å². The van der Waals surface area contributed by atoms with Crippen LogP contribution in [-0.2, 0) is 14.4 Å². The Morgan fingerprint density at radius 1 is 1.38 bits per heavy atom. The lowest BCUT2D eigenvalue weighted by Crippen LogP contribution is -2.42. The van der Waals surface area contributed by atoms with Crippen molar-refractivity contribution in [3.8, 4) is 0 Å². The van der Waals surface area contributed by atoms with Crippen LogP contribution >= 0.6 is 0 Å². The maximum atomic E-state index is 14.0. The van der Waals surface area contributed by atoms with E-state index in [0.29, 0.717) is 25.5 Å². The molecule has 0 spiro atoms. The van der Waals surface area contributed by atoms with E-state index in [2.05, 4.69) is 5.32 Å². The third-order valence-corrected chi connectivity index (χ3v) is 3.95. The van der Waals surface area contributed by atoms with Crippen molar-refractivity contribution >= 4 is 17.8 Å². The summed E-state index contributed by atoms with van der Waals surface area (Å²) in [4.78, 5) is 36.2. The number of carboxylic acids is 1. The minimum atomic E-state index is -1.09. The standard InChI is InChI=1S/C16H18F2N2O4/c1-9(21)19-13(11-5-4-10(17)7-12(11)18)8-15(22)20-6-2-3-14(20)16(23)24/h4-5,7,13-14H,2-3,6,8H2,1H3,(H,19,21)(H,23,24)/t13?,14-/m0/s1. The molecule has 0 radical (unpaired) electrons. The number of benzene rings is 1. The van der Waals surface area contributed by atoms with Gasteiger partial charge in [-0.15, -0.1) is 0 Å². The molecule has 1 aliphatic heterocycles.